The van der Waals surface area contributed by atoms with Gasteiger partial charge in [0, 0.05) is 61.8 Å². The van der Waals surface area contributed by atoms with Crippen LogP contribution in [0, 0.1) is 5.92 Å². The molecule has 5 rings (SSSR count). The molecule has 1 fully saturated rings. The SMILES string of the molecule is CCC1CCN(c2ccc(C(=O)Cc3ccc(Nc4ccc(CC(=O)c5cccn5C)cc4)cc3)cc2)CC1. The first-order valence-corrected chi connectivity index (χ1v) is 14.0. The van der Waals surface area contributed by atoms with Gasteiger partial charge in [0.15, 0.2) is 11.6 Å². The van der Waals surface area contributed by atoms with E-state index in [9.17, 15) is 9.59 Å². The summed E-state index contributed by atoms with van der Waals surface area (Å²) >= 11 is 0. The lowest BCUT2D eigenvalue weighted by molar-refractivity contribution is 0.0980. The van der Waals surface area contributed by atoms with E-state index in [1.807, 2.05) is 90.6 Å². The lowest BCUT2D eigenvalue weighted by Crippen LogP contribution is -2.33. The van der Waals surface area contributed by atoms with E-state index in [4.69, 9.17) is 0 Å². The van der Waals surface area contributed by atoms with Crippen LogP contribution in [0.1, 0.15) is 58.2 Å². The minimum atomic E-state index is 0.108. The Morgan fingerprint density at radius 3 is 1.85 bits per heavy atom. The maximum atomic E-state index is 12.9. The van der Waals surface area contributed by atoms with Crippen LogP contribution in [0.4, 0.5) is 17.1 Å². The molecule has 0 aliphatic carbocycles. The molecule has 3 aromatic carbocycles. The maximum Gasteiger partial charge on any atom is 0.183 e. The topological polar surface area (TPSA) is 54.3 Å². The molecule has 39 heavy (non-hydrogen) atoms. The second kappa shape index (κ2) is 12.2. The third-order valence-electron chi connectivity index (χ3n) is 7.90. The number of ketones is 2. The van der Waals surface area contributed by atoms with E-state index in [1.54, 1.807) is 0 Å². The number of rotatable bonds is 10. The van der Waals surface area contributed by atoms with Crippen LogP contribution in [0.5, 0.6) is 0 Å². The molecule has 1 aliphatic heterocycles. The highest BCUT2D eigenvalue weighted by Gasteiger charge is 2.18. The van der Waals surface area contributed by atoms with E-state index in [1.165, 1.54) is 24.9 Å². The fourth-order valence-corrected chi connectivity index (χ4v) is 5.35. The van der Waals surface area contributed by atoms with Crippen molar-refractivity contribution in [3.63, 3.8) is 0 Å². The van der Waals surface area contributed by atoms with Crippen LogP contribution in [0.3, 0.4) is 0 Å². The van der Waals surface area contributed by atoms with Crippen LogP contribution >= 0.6 is 0 Å². The Bertz CT molecular complexity index is 1390. The monoisotopic (exact) mass is 519 g/mol. The van der Waals surface area contributed by atoms with Crippen molar-refractivity contribution in [2.75, 3.05) is 23.3 Å². The minimum Gasteiger partial charge on any atom is -0.372 e. The lowest BCUT2D eigenvalue weighted by atomic mass is 9.94. The summed E-state index contributed by atoms with van der Waals surface area (Å²) in [4.78, 5) is 27.8. The summed E-state index contributed by atoms with van der Waals surface area (Å²) in [5, 5.41) is 3.40. The number of hydrogen-bond donors (Lipinski definition) is 1. The Labute approximate surface area is 231 Å². The molecular weight excluding hydrogens is 482 g/mol. The number of piperidine rings is 1. The van der Waals surface area contributed by atoms with Gasteiger partial charge in [-0.25, -0.2) is 0 Å². The maximum absolute atomic E-state index is 12.9. The molecule has 1 aromatic heterocycles. The van der Waals surface area contributed by atoms with Crippen LogP contribution < -0.4 is 10.2 Å². The van der Waals surface area contributed by atoms with Gasteiger partial charge in [-0.2, -0.15) is 0 Å². The molecule has 0 saturated carbocycles. The van der Waals surface area contributed by atoms with Gasteiger partial charge in [-0.3, -0.25) is 9.59 Å². The van der Waals surface area contributed by atoms with Crippen LogP contribution in [0.25, 0.3) is 0 Å². The van der Waals surface area contributed by atoms with E-state index in [0.29, 0.717) is 12.8 Å². The molecule has 2 heterocycles. The molecule has 4 aromatic rings. The Morgan fingerprint density at radius 2 is 1.33 bits per heavy atom. The summed E-state index contributed by atoms with van der Waals surface area (Å²) in [5.74, 6) is 1.09. The van der Waals surface area contributed by atoms with Gasteiger partial charge < -0.3 is 14.8 Å². The summed E-state index contributed by atoms with van der Waals surface area (Å²) in [5.41, 5.74) is 6.57. The summed E-state index contributed by atoms with van der Waals surface area (Å²) in [7, 11) is 1.88. The molecule has 0 radical (unpaired) electrons. The van der Waals surface area contributed by atoms with E-state index in [0.717, 1.165) is 52.8 Å². The van der Waals surface area contributed by atoms with Gasteiger partial charge in [-0.15, -0.1) is 0 Å². The molecule has 0 spiro atoms. The Morgan fingerprint density at radius 1 is 0.769 bits per heavy atom. The first kappa shape index (κ1) is 26.5. The van der Waals surface area contributed by atoms with Crippen molar-refractivity contribution < 1.29 is 9.59 Å². The van der Waals surface area contributed by atoms with Crippen molar-refractivity contribution >= 4 is 28.6 Å². The molecule has 1 aliphatic rings. The van der Waals surface area contributed by atoms with Gasteiger partial charge in [-0.05, 0) is 90.6 Å². The number of benzene rings is 3. The Kier molecular flexibility index (Phi) is 8.26. The number of hydrogen-bond acceptors (Lipinski definition) is 4. The van der Waals surface area contributed by atoms with Crippen molar-refractivity contribution in [1.29, 1.82) is 0 Å². The van der Waals surface area contributed by atoms with Gasteiger partial charge in [0.1, 0.15) is 0 Å². The van der Waals surface area contributed by atoms with Crippen molar-refractivity contribution in [2.45, 2.75) is 39.0 Å². The molecule has 1 N–H and O–H groups in total. The van der Waals surface area contributed by atoms with E-state index >= 15 is 0 Å². The number of anilines is 3. The van der Waals surface area contributed by atoms with E-state index in [2.05, 4.69) is 29.3 Å². The fourth-order valence-electron chi connectivity index (χ4n) is 5.35. The highest BCUT2D eigenvalue weighted by Crippen LogP contribution is 2.26. The van der Waals surface area contributed by atoms with Gasteiger partial charge in [-0.1, -0.05) is 37.6 Å². The first-order valence-electron chi connectivity index (χ1n) is 14.0. The number of carbonyl (C=O) groups excluding carboxylic acids is 2. The van der Waals surface area contributed by atoms with E-state index in [-0.39, 0.29) is 11.6 Å². The number of aromatic nitrogens is 1. The summed E-state index contributed by atoms with van der Waals surface area (Å²) in [6, 6.07) is 27.8. The molecular formula is C34H37N3O2. The summed E-state index contributed by atoms with van der Waals surface area (Å²) < 4.78 is 1.85. The van der Waals surface area contributed by atoms with Crippen molar-refractivity contribution in [2.24, 2.45) is 13.0 Å². The molecule has 0 atom stereocenters. The summed E-state index contributed by atoms with van der Waals surface area (Å²) in [6.07, 6.45) is 6.42. The third-order valence-corrected chi connectivity index (χ3v) is 7.90. The first-order chi connectivity index (χ1) is 19.0. The van der Waals surface area contributed by atoms with Crippen LogP contribution in [0.15, 0.2) is 91.1 Å². The second-order valence-corrected chi connectivity index (χ2v) is 10.6. The van der Waals surface area contributed by atoms with E-state index < -0.39 is 0 Å². The second-order valence-electron chi connectivity index (χ2n) is 10.6. The third kappa shape index (κ3) is 6.66. The minimum absolute atomic E-state index is 0.108. The van der Waals surface area contributed by atoms with Gasteiger partial charge in [0.2, 0.25) is 0 Å². The fraction of sp³-hybridized carbons (Fsp3) is 0.294. The lowest BCUT2D eigenvalue weighted by Gasteiger charge is -2.33. The molecule has 200 valence electrons. The molecule has 0 unspecified atom stereocenters. The quantitative estimate of drug-likeness (QED) is 0.224. The van der Waals surface area contributed by atoms with Gasteiger partial charge in [0.25, 0.3) is 0 Å². The van der Waals surface area contributed by atoms with Crippen molar-refractivity contribution in [1.82, 2.24) is 4.57 Å². The average Bonchev–Trinajstić information content (AvgIpc) is 3.41. The van der Waals surface area contributed by atoms with Gasteiger partial charge >= 0.3 is 0 Å². The highest BCUT2D eigenvalue weighted by atomic mass is 16.1. The number of nitrogens with one attached hydrogen (secondary N) is 1. The number of nitrogens with zero attached hydrogens (tertiary/aromatic N) is 2. The molecule has 1 saturated heterocycles. The molecule has 0 bridgehead atoms. The summed E-state index contributed by atoms with van der Waals surface area (Å²) in [6.45, 7) is 4.48. The van der Waals surface area contributed by atoms with Crippen molar-refractivity contribution in [3.05, 3.63) is 114 Å². The van der Waals surface area contributed by atoms with Crippen LogP contribution in [-0.2, 0) is 19.9 Å². The van der Waals surface area contributed by atoms with Crippen molar-refractivity contribution in [3.8, 4) is 0 Å². The Balaban J connectivity index is 1.12. The largest absolute Gasteiger partial charge is 0.372 e. The van der Waals surface area contributed by atoms with Crippen LogP contribution in [0.2, 0.25) is 0 Å². The number of carbonyl (C=O) groups is 2. The smallest absolute Gasteiger partial charge is 0.183 e. The van der Waals surface area contributed by atoms with Crippen LogP contribution in [-0.4, -0.2) is 29.2 Å². The zero-order valence-electron chi connectivity index (χ0n) is 22.9. The standard InChI is InChI=1S/C34H37N3O2/c1-3-25-18-21-37(22-19-25)31-16-10-28(11-17-31)33(38)23-26-6-12-29(13-7-26)35-30-14-8-27(9-15-30)24-34(39)32-5-4-20-36(32)2/h4-17,20,25,35H,3,18-19,21-24H2,1-2H3. The zero-order valence-corrected chi connectivity index (χ0v) is 22.9. The highest BCUT2D eigenvalue weighted by molar-refractivity contribution is 5.98. The average molecular weight is 520 g/mol. The number of aryl methyl sites for hydroxylation is 1. The molecule has 5 nitrogen and oxygen atoms in total. The number of Topliss-reactive ketones (excluding diaryl/α,β-unsaturated/α-hetero) is 2. The van der Waals surface area contributed by atoms with Gasteiger partial charge in [0.05, 0.1) is 5.69 Å². The zero-order chi connectivity index (χ0) is 27.2. The predicted molar refractivity (Wildman–Crippen MR) is 159 cm³/mol. The molecule has 0 amide bonds. The predicted octanol–water partition coefficient (Wildman–Crippen LogP) is 7.25. The molecule has 5 heteroatoms. The Hall–Kier alpha value is -4.12. The normalized spacial score (nSPS) is 13.8.